The minimum atomic E-state index is -4.48. The van der Waals surface area contributed by atoms with Gasteiger partial charge in [-0.1, -0.05) is 103 Å². The van der Waals surface area contributed by atoms with Crippen LogP contribution in [-0.4, -0.2) is 24.1 Å². The zero-order valence-corrected chi connectivity index (χ0v) is 29.4. The van der Waals surface area contributed by atoms with Crippen LogP contribution in [0.3, 0.4) is 0 Å². The van der Waals surface area contributed by atoms with Crippen molar-refractivity contribution in [2.24, 2.45) is 0 Å². The molecule has 0 unspecified atom stereocenters. The summed E-state index contributed by atoms with van der Waals surface area (Å²) < 4.78 is 45.7. The monoisotopic (exact) mass is 732 g/mol. The molecule has 0 atom stereocenters. The number of nitrogens with zero attached hydrogens (tertiary/aromatic N) is 6. The van der Waals surface area contributed by atoms with Crippen LogP contribution in [0.15, 0.2) is 164 Å². The first kappa shape index (κ1) is 33.0. The molecular formula is C47H27F3N6. The van der Waals surface area contributed by atoms with Gasteiger partial charge in [0.05, 0.1) is 38.9 Å². The van der Waals surface area contributed by atoms with Crippen molar-refractivity contribution in [3.63, 3.8) is 0 Å². The number of fused-ring (bicyclic) bond motifs is 6. The third kappa shape index (κ3) is 5.38. The Kier molecular flexibility index (Phi) is 7.54. The molecule has 10 aromatic rings. The standard InChI is InChI=1S/C47H27F3N6/c48-47(49,50)33-16-11-17-34(25-33)55-40-20-9-7-18-35(40)37-27-43-38(26-42(37)55)36-19-8-10-21-41(36)56(43)39-23-22-31(24-32(39)28-51)46-53-44(29-12-3-1-4-13-29)52-45(54-46)30-14-5-2-6-15-30/h1-27H. The van der Waals surface area contributed by atoms with Gasteiger partial charge < -0.3 is 9.13 Å². The Morgan fingerprint density at radius 3 is 1.54 bits per heavy atom. The number of benzene rings is 7. The molecule has 3 heterocycles. The van der Waals surface area contributed by atoms with E-state index in [1.165, 1.54) is 12.1 Å². The average Bonchev–Trinajstić information content (AvgIpc) is 3.74. The predicted molar refractivity (Wildman–Crippen MR) is 215 cm³/mol. The summed E-state index contributed by atoms with van der Waals surface area (Å²) in [5.41, 5.74) is 6.44. The van der Waals surface area contributed by atoms with Crippen LogP contribution in [0.25, 0.3) is 89.2 Å². The van der Waals surface area contributed by atoms with E-state index in [2.05, 4.69) is 16.7 Å². The minimum absolute atomic E-state index is 0.416. The average molecular weight is 733 g/mol. The number of halogens is 3. The fourth-order valence-corrected chi connectivity index (χ4v) is 7.69. The Hall–Kier alpha value is -7.57. The van der Waals surface area contributed by atoms with Crippen molar-refractivity contribution in [2.45, 2.75) is 6.18 Å². The van der Waals surface area contributed by atoms with Crippen molar-refractivity contribution in [1.82, 2.24) is 24.1 Å². The van der Waals surface area contributed by atoms with Crippen LogP contribution >= 0.6 is 0 Å². The smallest absolute Gasteiger partial charge is 0.309 e. The zero-order chi connectivity index (χ0) is 38.0. The molecule has 0 radical (unpaired) electrons. The molecule has 0 saturated carbocycles. The van der Waals surface area contributed by atoms with Gasteiger partial charge in [-0.25, -0.2) is 15.0 Å². The van der Waals surface area contributed by atoms with Crippen LogP contribution in [0.2, 0.25) is 0 Å². The molecule has 0 spiro atoms. The van der Waals surface area contributed by atoms with E-state index in [0.717, 1.165) is 60.8 Å². The fraction of sp³-hybridized carbons (Fsp3) is 0.0213. The number of rotatable bonds is 5. The molecule has 0 aliphatic heterocycles. The van der Waals surface area contributed by atoms with Gasteiger partial charge >= 0.3 is 6.18 Å². The molecule has 10 rings (SSSR count). The number of alkyl halides is 3. The third-order valence-electron chi connectivity index (χ3n) is 10.2. The van der Waals surface area contributed by atoms with Gasteiger partial charge in [-0.2, -0.15) is 18.4 Å². The Morgan fingerprint density at radius 2 is 0.964 bits per heavy atom. The van der Waals surface area contributed by atoms with Gasteiger partial charge in [0.25, 0.3) is 0 Å². The zero-order valence-electron chi connectivity index (χ0n) is 29.4. The van der Waals surface area contributed by atoms with Crippen molar-refractivity contribution in [2.75, 3.05) is 0 Å². The highest BCUT2D eigenvalue weighted by Crippen LogP contribution is 2.41. The van der Waals surface area contributed by atoms with Crippen molar-refractivity contribution in [3.05, 3.63) is 175 Å². The summed E-state index contributed by atoms with van der Waals surface area (Å²) in [6.07, 6.45) is -4.48. The van der Waals surface area contributed by atoms with Gasteiger partial charge in [0, 0.05) is 43.9 Å². The minimum Gasteiger partial charge on any atom is -0.309 e. The van der Waals surface area contributed by atoms with Crippen LogP contribution in [0.4, 0.5) is 13.2 Å². The first-order valence-corrected chi connectivity index (χ1v) is 17.9. The molecule has 266 valence electrons. The lowest BCUT2D eigenvalue weighted by Crippen LogP contribution is -2.06. The summed E-state index contributed by atoms with van der Waals surface area (Å²) in [6, 6.07) is 52.8. The Morgan fingerprint density at radius 1 is 0.446 bits per heavy atom. The number of hydrogen-bond acceptors (Lipinski definition) is 4. The van der Waals surface area contributed by atoms with E-state index in [4.69, 9.17) is 15.0 Å². The molecule has 7 aromatic carbocycles. The van der Waals surface area contributed by atoms with Gasteiger partial charge in [-0.3, -0.25) is 0 Å². The highest BCUT2D eigenvalue weighted by molar-refractivity contribution is 6.19. The van der Waals surface area contributed by atoms with Gasteiger partial charge in [0.2, 0.25) is 0 Å². The number of para-hydroxylation sites is 2. The lowest BCUT2D eigenvalue weighted by atomic mass is 10.1. The van der Waals surface area contributed by atoms with E-state index in [1.807, 2.05) is 138 Å². The first-order valence-electron chi connectivity index (χ1n) is 17.9. The van der Waals surface area contributed by atoms with Crippen LogP contribution in [0.1, 0.15) is 11.1 Å². The van der Waals surface area contributed by atoms with Crippen LogP contribution in [-0.2, 0) is 6.18 Å². The quantitative estimate of drug-likeness (QED) is 0.177. The number of nitriles is 1. The van der Waals surface area contributed by atoms with Gasteiger partial charge in [0.1, 0.15) is 6.07 Å². The summed E-state index contributed by atoms with van der Waals surface area (Å²) in [6.45, 7) is 0. The molecule has 0 N–H and O–H groups in total. The predicted octanol–water partition coefficient (Wildman–Crippen LogP) is 12.0. The van der Waals surface area contributed by atoms with E-state index in [1.54, 1.807) is 6.07 Å². The van der Waals surface area contributed by atoms with E-state index in [-0.39, 0.29) is 0 Å². The van der Waals surface area contributed by atoms with Crippen LogP contribution < -0.4 is 0 Å². The normalized spacial score (nSPS) is 11.8. The highest BCUT2D eigenvalue weighted by atomic mass is 19.4. The van der Waals surface area contributed by atoms with E-state index < -0.39 is 11.7 Å². The molecule has 3 aromatic heterocycles. The van der Waals surface area contributed by atoms with E-state index >= 15 is 0 Å². The summed E-state index contributed by atoms with van der Waals surface area (Å²) >= 11 is 0. The number of aromatic nitrogens is 5. The van der Waals surface area contributed by atoms with Crippen LogP contribution in [0, 0.1) is 11.3 Å². The number of hydrogen-bond donors (Lipinski definition) is 0. The summed E-state index contributed by atoms with van der Waals surface area (Å²) in [5.74, 6) is 1.48. The molecule has 6 nitrogen and oxygen atoms in total. The summed E-state index contributed by atoms with van der Waals surface area (Å²) in [4.78, 5) is 14.6. The molecular weight excluding hydrogens is 706 g/mol. The lowest BCUT2D eigenvalue weighted by Gasteiger charge is -2.13. The largest absolute Gasteiger partial charge is 0.416 e. The van der Waals surface area contributed by atoms with Crippen molar-refractivity contribution < 1.29 is 13.2 Å². The molecule has 0 amide bonds. The molecule has 0 aliphatic carbocycles. The first-order chi connectivity index (χ1) is 27.4. The lowest BCUT2D eigenvalue weighted by molar-refractivity contribution is -0.137. The van der Waals surface area contributed by atoms with Crippen molar-refractivity contribution in [1.29, 1.82) is 5.26 Å². The third-order valence-corrected chi connectivity index (χ3v) is 10.2. The van der Waals surface area contributed by atoms with E-state index in [0.29, 0.717) is 40.0 Å². The highest BCUT2D eigenvalue weighted by Gasteiger charge is 2.31. The molecule has 0 aliphatic rings. The molecule has 9 heteroatoms. The van der Waals surface area contributed by atoms with Crippen molar-refractivity contribution in [3.8, 4) is 51.6 Å². The van der Waals surface area contributed by atoms with Crippen molar-refractivity contribution >= 4 is 43.6 Å². The maximum absolute atomic E-state index is 13.9. The maximum atomic E-state index is 13.9. The van der Waals surface area contributed by atoms with E-state index in [9.17, 15) is 18.4 Å². The van der Waals surface area contributed by atoms with Gasteiger partial charge in [-0.15, -0.1) is 0 Å². The van der Waals surface area contributed by atoms with Crippen LogP contribution in [0.5, 0.6) is 0 Å². The molecule has 0 saturated heterocycles. The second-order valence-electron chi connectivity index (χ2n) is 13.5. The Labute approximate surface area is 318 Å². The Bertz CT molecular complexity index is 3140. The fourth-order valence-electron chi connectivity index (χ4n) is 7.69. The topological polar surface area (TPSA) is 72.3 Å². The van der Waals surface area contributed by atoms with Gasteiger partial charge in [0.15, 0.2) is 17.5 Å². The molecule has 0 fully saturated rings. The molecule has 56 heavy (non-hydrogen) atoms. The maximum Gasteiger partial charge on any atom is 0.416 e. The van der Waals surface area contributed by atoms with Gasteiger partial charge in [-0.05, 0) is 60.7 Å². The Balaban J connectivity index is 1.19. The molecule has 0 bridgehead atoms. The summed E-state index contributed by atoms with van der Waals surface area (Å²) in [5, 5.41) is 14.3. The SMILES string of the molecule is N#Cc1cc(-c2nc(-c3ccccc3)nc(-c3ccccc3)n2)ccc1-n1c2ccccc2c2cc3c(cc21)c1ccccc1n3-c1cccc(C(F)(F)F)c1. The second kappa shape index (κ2) is 12.8. The second-order valence-corrected chi connectivity index (χ2v) is 13.5. The summed E-state index contributed by atoms with van der Waals surface area (Å²) in [7, 11) is 0.